The zero-order chi connectivity index (χ0) is 21.3. The number of carbonyl (C=O) groups excluding carboxylic acids is 2. The number of amides is 2. The topological polar surface area (TPSA) is 68.2 Å². The molecule has 7 heteroatoms. The standard InChI is InChI=1S/C23H17IN2O4/c1-3-10-30-21-18(24)11-14(12-19(21)29-2)13-25-26-22(27)16-8-4-6-15-7-5-9-17(20(15)16)23(26)28/h3-9,11-13H,1,10H2,2H3. The van der Waals surface area contributed by atoms with Gasteiger partial charge >= 0.3 is 0 Å². The van der Waals surface area contributed by atoms with E-state index in [0.29, 0.717) is 40.2 Å². The Morgan fingerprint density at radius 2 is 1.77 bits per heavy atom. The van der Waals surface area contributed by atoms with Crippen LogP contribution in [-0.2, 0) is 0 Å². The summed E-state index contributed by atoms with van der Waals surface area (Å²) in [5.74, 6) is 0.221. The summed E-state index contributed by atoms with van der Waals surface area (Å²) in [6.45, 7) is 3.99. The first-order chi connectivity index (χ1) is 14.5. The number of nitrogens with zero attached hydrogens (tertiary/aromatic N) is 2. The first-order valence-corrected chi connectivity index (χ1v) is 10.2. The maximum Gasteiger partial charge on any atom is 0.282 e. The van der Waals surface area contributed by atoms with Gasteiger partial charge in [-0.2, -0.15) is 10.1 Å². The summed E-state index contributed by atoms with van der Waals surface area (Å²) in [5.41, 5.74) is 1.58. The first kappa shape index (κ1) is 20.1. The van der Waals surface area contributed by atoms with Crippen molar-refractivity contribution in [3.8, 4) is 11.5 Å². The minimum absolute atomic E-state index is 0.349. The molecule has 0 atom stereocenters. The van der Waals surface area contributed by atoms with Crippen molar-refractivity contribution in [2.45, 2.75) is 0 Å². The summed E-state index contributed by atoms with van der Waals surface area (Å²) < 4.78 is 11.9. The minimum atomic E-state index is -0.451. The lowest BCUT2D eigenvalue weighted by Gasteiger charge is -2.23. The van der Waals surface area contributed by atoms with Crippen LogP contribution in [0.4, 0.5) is 0 Å². The average molecular weight is 512 g/mol. The molecule has 30 heavy (non-hydrogen) atoms. The number of hydrogen-bond donors (Lipinski definition) is 0. The number of hydrazone groups is 1. The number of benzene rings is 3. The number of ether oxygens (including phenoxy) is 2. The fourth-order valence-corrected chi connectivity index (χ4v) is 4.12. The van der Waals surface area contributed by atoms with Crippen LogP contribution in [0, 0.1) is 3.57 Å². The average Bonchev–Trinajstić information content (AvgIpc) is 2.76. The number of imide groups is 1. The number of carbonyl (C=O) groups is 2. The number of rotatable bonds is 6. The Balaban J connectivity index is 1.70. The summed E-state index contributed by atoms with van der Waals surface area (Å²) >= 11 is 2.13. The second kappa shape index (κ2) is 8.27. The highest BCUT2D eigenvalue weighted by Gasteiger charge is 2.32. The summed E-state index contributed by atoms with van der Waals surface area (Å²) in [6, 6.07) is 14.3. The van der Waals surface area contributed by atoms with E-state index >= 15 is 0 Å². The maximum absolute atomic E-state index is 12.9. The van der Waals surface area contributed by atoms with Gasteiger partial charge in [-0.3, -0.25) is 9.59 Å². The van der Waals surface area contributed by atoms with Gasteiger partial charge < -0.3 is 9.47 Å². The van der Waals surface area contributed by atoms with E-state index in [9.17, 15) is 9.59 Å². The molecule has 0 saturated heterocycles. The highest BCUT2D eigenvalue weighted by atomic mass is 127. The quantitative estimate of drug-likeness (QED) is 0.209. The van der Waals surface area contributed by atoms with Crippen LogP contribution in [0.2, 0.25) is 0 Å². The van der Waals surface area contributed by atoms with Crippen LogP contribution in [0.25, 0.3) is 10.8 Å². The van der Waals surface area contributed by atoms with Gasteiger partial charge in [0, 0.05) is 5.39 Å². The number of hydrogen-bond acceptors (Lipinski definition) is 5. The van der Waals surface area contributed by atoms with E-state index in [0.717, 1.165) is 14.0 Å². The second-order valence-electron chi connectivity index (χ2n) is 6.51. The van der Waals surface area contributed by atoms with Crippen molar-refractivity contribution in [3.63, 3.8) is 0 Å². The fraction of sp³-hybridized carbons (Fsp3) is 0.0870. The highest BCUT2D eigenvalue weighted by molar-refractivity contribution is 14.1. The predicted octanol–water partition coefficient (Wildman–Crippen LogP) is 4.65. The Labute approximate surface area is 186 Å². The zero-order valence-electron chi connectivity index (χ0n) is 16.1. The van der Waals surface area contributed by atoms with Gasteiger partial charge in [0.25, 0.3) is 11.8 Å². The molecule has 1 aliphatic heterocycles. The third-order valence-corrected chi connectivity index (χ3v) is 5.47. The molecule has 3 aromatic rings. The van der Waals surface area contributed by atoms with Crippen LogP contribution in [0.3, 0.4) is 0 Å². The summed E-state index contributed by atoms with van der Waals surface area (Å²) in [4.78, 5) is 25.9. The molecule has 1 heterocycles. The van der Waals surface area contributed by atoms with Crippen LogP contribution >= 0.6 is 22.6 Å². The SMILES string of the molecule is C=CCOc1c(I)cc(C=NN2C(=O)c3cccc4cccc(c34)C2=O)cc1OC. The van der Waals surface area contributed by atoms with Crippen molar-refractivity contribution < 1.29 is 19.1 Å². The van der Waals surface area contributed by atoms with Crippen molar-refractivity contribution in [3.05, 3.63) is 81.4 Å². The summed E-state index contributed by atoms with van der Waals surface area (Å²) in [6.07, 6.45) is 3.11. The molecular weight excluding hydrogens is 495 g/mol. The van der Waals surface area contributed by atoms with Gasteiger partial charge in [-0.1, -0.05) is 36.9 Å². The molecule has 0 N–H and O–H groups in total. The van der Waals surface area contributed by atoms with Crippen molar-refractivity contribution in [2.75, 3.05) is 13.7 Å². The Morgan fingerprint density at radius 1 is 1.10 bits per heavy atom. The molecular formula is C23H17IN2O4. The zero-order valence-corrected chi connectivity index (χ0v) is 18.3. The van der Waals surface area contributed by atoms with Gasteiger partial charge in [-0.15, -0.1) is 0 Å². The van der Waals surface area contributed by atoms with Crippen LogP contribution in [0.15, 0.2) is 66.3 Å². The van der Waals surface area contributed by atoms with Crippen LogP contribution in [-0.4, -0.2) is 36.8 Å². The molecule has 0 spiro atoms. The molecule has 0 unspecified atom stereocenters. The third-order valence-electron chi connectivity index (χ3n) is 4.67. The van der Waals surface area contributed by atoms with Crippen molar-refractivity contribution in [1.82, 2.24) is 5.01 Å². The van der Waals surface area contributed by atoms with Crippen LogP contribution < -0.4 is 9.47 Å². The Morgan fingerprint density at radius 3 is 2.37 bits per heavy atom. The van der Waals surface area contributed by atoms with Crippen molar-refractivity contribution in [1.29, 1.82) is 0 Å². The third kappa shape index (κ3) is 3.45. The Hall–Kier alpha value is -3.20. The molecule has 3 aromatic carbocycles. The lowest BCUT2D eigenvalue weighted by atomic mass is 9.95. The van der Waals surface area contributed by atoms with Gasteiger partial charge in [0.2, 0.25) is 0 Å². The van der Waals surface area contributed by atoms with Gasteiger partial charge in [-0.05, 0) is 57.8 Å². The van der Waals surface area contributed by atoms with Crippen LogP contribution in [0.1, 0.15) is 26.3 Å². The largest absolute Gasteiger partial charge is 0.493 e. The van der Waals surface area contributed by atoms with Crippen molar-refractivity contribution >= 4 is 51.4 Å². The number of halogens is 1. The van der Waals surface area contributed by atoms with Gasteiger partial charge in [0.15, 0.2) is 11.5 Å². The molecule has 1 aliphatic rings. The van der Waals surface area contributed by atoms with Crippen LogP contribution in [0.5, 0.6) is 11.5 Å². The molecule has 2 amide bonds. The van der Waals surface area contributed by atoms with E-state index in [1.807, 2.05) is 18.2 Å². The summed E-state index contributed by atoms with van der Waals surface area (Å²) in [5, 5.41) is 6.62. The fourth-order valence-electron chi connectivity index (χ4n) is 3.34. The van der Waals surface area contributed by atoms with Gasteiger partial charge in [0.05, 0.1) is 28.0 Å². The predicted molar refractivity (Wildman–Crippen MR) is 123 cm³/mol. The molecule has 0 radical (unpaired) electrons. The van der Waals surface area contributed by atoms with E-state index in [-0.39, 0.29) is 0 Å². The smallest absolute Gasteiger partial charge is 0.282 e. The monoisotopic (exact) mass is 512 g/mol. The molecule has 0 aliphatic carbocycles. The number of methoxy groups -OCH3 is 1. The lowest BCUT2D eigenvalue weighted by Crippen LogP contribution is -2.36. The van der Waals surface area contributed by atoms with E-state index in [4.69, 9.17) is 9.47 Å². The van der Waals surface area contributed by atoms with E-state index in [1.54, 1.807) is 43.5 Å². The highest BCUT2D eigenvalue weighted by Crippen LogP contribution is 2.34. The molecule has 150 valence electrons. The molecule has 0 saturated carbocycles. The molecule has 0 bridgehead atoms. The Kier molecular flexibility index (Phi) is 5.54. The Bertz CT molecular complexity index is 1170. The molecule has 4 rings (SSSR count). The summed E-state index contributed by atoms with van der Waals surface area (Å²) in [7, 11) is 1.54. The lowest BCUT2D eigenvalue weighted by molar-refractivity contribution is 0.0616. The van der Waals surface area contributed by atoms with Gasteiger partial charge in [0.1, 0.15) is 6.61 Å². The second-order valence-corrected chi connectivity index (χ2v) is 7.67. The molecule has 0 aromatic heterocycles. The van der Waals surface area contributed by atoms with Gasteiger partial charge in [-0.25, -0.2) is 0 Å². The first-order valence-electron chi connectivity index (χ1n) is 9.11. The molecule has 6 nitrogen and oxygen atoms in total. The normalized spacial score (nSPS) is 13.2. The van der Waals surface area contributed by atoms with E-state index < -0.39 is 11.8 Å². The maximum atomic E-state index is 12.9. The van der Waals surface area contributed by atoms with Crippen molar-refractivity contribution in [2.24, 2.45) is 5.10 Å². The van der Waals surface area contributed by atoms with E-state index in [2.05, 4.69) is 34.3 Å². The molecule has 0 fully saturated rings. The van der Waals surface area contributed by atoms with E-state index in [1.165, 1.54) is 6.21 Å². The minimum Gasteiger partial charge on any atom is -0.493 e.